The van der Waals surface area contributed by atoms with Crippen LogP contribution in [0.5, 0.6) is 0 Å². The summed E-state index contributed by atoms with van der Waals surface area (Å²) in [4.78, 5) is 13.8. The van der Waals surface area contributed by atoms with Gasteiger partial charge in [-0.25, -0.2) is 0 Å². The number of aromatic nitrogens is 2. The molecule has 1 rings (SSSR count). The van der Waals surface area contributed by atoms with Gasteiger partial charge in [-0.1, -0.05) is 0 Å². The third-order valence-electron chi connectivity index (χ3n) is 2.45. The van der Waals surface area contributed by atoms with E-state index in [0.717, 1.165) is 11.4 Å². The van der Waals surface area contributed by atoms with Gasteiger partial charge in [-0.3, -0.25) is 9.89 Å². The maximum absolute atomic E-state index is 12.0. The van der Waals surface area contributed by atoms with Crippen molar-refractivity contribution in [3.05, 3.63) is 17.5 Å². The predicted molar refractivity (Wildman–Crippen MR) is 63.3 cm³/mol. The summed E-state index contributed by atoms with van der Waals surface area (Å²) in [6, 6.07) is 0.238. The second kappa shape index (κ2) is 5.21. The first-order valence-electron chi connectivity index (χ1n) is 4.84. The zero-order valence-corrected chi connectivity index (χ0v) is 10.4. The molecule has 1 unspecified atom stereocenters. The van der Waals surface area contributed by atoms with Crippen molar-refractivity contribution in [1.82, 2.24) is 15.1 Å². The van der Waals surface area contributed by atoms with Crippen molar-refractivity contribution in [1.29, 1.82) is 0 Å². The topological polar surface area (TPSA) is 49.0 Å². The number of nitrogens with one attached hydrogen (secondary N) is 1. The zero-order valence-electron chi connectivity index (χ0n) is 9.57. The number of aromatic amines is 1. The molecular formula is C10H17N3OS. The summed E-state index contributed by atoms with van der Waals surface area (Å²) in [6.07, 6.45) is 3.62. The van der Waals surface area contributed by atoms with Crippen LogP contribution in [0.1, 0.15) is 23.0 Å². The fourth-order valence-electron chi connectivity index (χ4n) is 1.31. The summed E-state index contributed by atoms with van der Waals surface area (Å²) in [6.45, 7) is 3.90. The second-order valence-electron chi connectivity index (χ2n) is 3.63. The number of hydrogen-bond acceptors (Lipinski definition) is 3. The number of hydrogen-bond donors (Lipinski definition) is 1. The third-order valence-corrected chi connectivity index (χ3v) is 3.27. The molecule has 0 aliphatic rings. The molecular weight excluding hydrogens is 210 g/mol. The Morgan fingerprint density at radius 3 is 2.87 bits per heavy atom. The molecule has 5 heteroatoms. The van der Waals surface area contributed by atoms with Gasteiger partial charge in [0.15, 0.2) is 0 Å². The summed E-state index contributed by atoms with van der Waals surface area (Å²) < 4.78 is 0. The lowest BCUT2D eigenvalue weighted by molar-refractivity contribution is 0.0757. The van der Waals surface area contributed by atoms with E-state index in [1.165, 1.54) is 0 Å². The molecule has 0 saturated carbocycles. The van der Waals surface area contributed by atoms with E-state index in [9.17, 15) is 4.79 Å². The van der Waals surface area contributed by atoms with Gasteiger partial charge in [0.2, 0.25) is 0 Å². The number of aryl methyl sites for hydroxylation is 1. The van der Waals surface area contributed by atoms with Gasteiger partial charge in [-0.05, 0) is 20.1 Å². The molecule has 1 atom stereocenters. The first-order valence-corrected chi connectivity index (χ1v) is 6.23. The minimum Gasteiger partial charge on any atom is -0.338 e. The maximum atomic E-state index is 12.0. The lowest BCUT2D eigenvalue weighted by atomic mass is 10.2. The number of carbonyl (C=O) groups excluding carboxylic acids is 1. The van der Waals surface area contributed by atoms with Gasteiger partial charge >= 0.3 is 0 Å². The summed E-state index contributed by atoms with van der Waals surface area (Å²) >= 11 is 1.74. The van der Waals surface area contributed by atoms with Crippen LogP contribution in [0.25, 0.3) is 0 Å². The Labute approximate surface area is 94.4 Å². The van der Waals surface area contributed by atoms with Crippen LogP contribution < -0.4 is 0 Å². The standard InChI is InChI=1S/C10H17N3OS/c1-7(6-15-4)13(3)10(14)9-5-11-12-8(9)2/h5,7H,6H2,1-4H3,(H,11,12). The van der Waals surface area contributed by atoms with E-state index < -0.39 is 0 Å². The number of H-pyrrole nitrogens is 1. The average molecular weight is 227 g/mol. The van der Waals surface area contributed by atoms with Crippen molar-refractivity contribution in [2.75, 3.05) is 19.1 Å². The van der Waals surface area contributed by atoms with Crippen LogP contribution in [0, 0.1) is 6.92 Å². The Hall–Kier alpha value is -0.970. The van der Waals surface area contributed by atoms with Gasteiger partial charge in [-0.2, -0.15) is 16.9 Å². The molecule has 0 saturated heterocycles. The molecule has 1 N–H and O–H groups in total. The van der Waals surface area contributed by atoms with Crippen molar-refractivity contribution in [2.24, 2.45) is 0 Å². The number of thioether (sulfide) groups is 1. The second-order valence-corrected chi connectivity index (χ2v) is 4.54. The summed E-state index contributed by atoms with van der Waals surface area (Å²) in [5, 5.41) is 6.63. The molecule has 1 heterocycles. The van der Waals surface area contributed by atoms with Crippen LogP contribution in [-0.4, -0.2) is 46.1 Å². The SMILES string of the molecule is CSCC(C)N(C)C(=O)c1cn[nH]c1C. The van der Waals surface area contributed by atoms with Crippen molar-refractivity contribution in [2.45, 2.75) is 19.9 Å². The molecule has 84 valence electrons. The van der Waals surface area contributed by atoms with E-state index >= 15 is 0 Å². The highest BCUT2D eigenvalue weighted by molar-refractivity contribution is 7.98. The van der Waals surface area contributed by atoms with E-state index in [0.29, 0.717) is 5.56 Å². The Kier molecular flexibility index (Phi) is 4.20. The number of nitrogens with zero attached hydrogens (tertiary/aromatic N) is 2. The molecule has 0 aromatic carbocycles. The molecule has 0 aliphatic heterocycles. The highest BCUT2D eigenvalue weighted by Gasteiger charge is 2.19. The summed E-state index contributed by atoms with van der Waals surface area (Å²) in [5.74, 6) is 0.974. The first-order chi connectivity index (χ1) is 7.07. The number of carbonyl (C=O) groups is 1. The zero-order chi connectivity index (χ0) is 11.4. The van der Waals surface area contributed by atoms with Crippen LogP contribution in [0.3, 0.4) is 0 Å². The number of rotatable bonds is 4. The largest absolute Gasteiger partial charge is 0.338 e. The molecule has 0 aliphatic carbocycles. The van der Waals surface area contributed by atoms with E-state index in [4.69, 9.17) is 0 Å². The molecule has 0 radical (unpaired) electrons. The van der Waals surface area contributed by atoms with Crippen LogP contribution in [0.15, 0.2) is 6.20 Å². The van der Waals surface area contributed by atoms with Crippen molar-refractivity contribution >= 4 is 17.7 Å². The van der Waals surface area contributed by atoms with E-state index in [2.05, 4.69) is 10.2 Å². The Morgan fingerprint density at radius 1 is 1.73 bits per heavy atom. The molecule has 4 nitrogen and oxygen atoms in total. The Morgan fingerprint density at radius 2 is 2.40 bits per heavy atom. The fraction of sp³-hybridized carbons (Fsp3) is 0.600. The monoisotopic (exact) mass is 227 g/mol. The fourth-order valence-corrected chi connectivity index (χ4v) is 2.02. The molecule has 1 aromatic heterocycles. The van der Waals surface area contributed by atoms with E-state index in [-0.39, 0.29) is 11.9 Å². The van der Waals surface area contributed by atoms with Crippen LogP contribution in [0.2, 0.25) is 0 Å². The maximum Gasteiger partial charge on any atom is 0.257 e. The molecule has 0 bridgehead atoms. The van der Waals surface area contributed by atoms with Gasteiger partial charge in [0.25, 0.3) is 5.91 Å². The highest BCUT2D eigenvalue weighted by atomic mass is 32.2. The lowest BCUT2D eigenvalue weighted by Gasteiger charge is -2.24. The smallest absolute Gasteiger partial charge is 0.257 e. The first kappa shape index (κ1) is 12.1. The van der Waals surface area contributed by atoms with Gasteiger partial charge in [-0.15, -0.1) is 0 Å². The van der Waals surface area contributed by atoms with Gasteiger partial charge in [0, 0.05) is 24.5 Å². The van der Waals surface area contributed by atoms with Crippen molar-refractivity contribution < 1.29 is 4.79 Å². The van der Waals surface area contributed by atoms with E-state index in [1.807, 2.05) is 27.2 Å². The number of amides is 1. The van der Waals surface area contributed by atoms with Gasteiger partial charge in [0.05, 0.1) is 11.8 Å². The van der Waals surface area contributed by atoms with Gasteiger partial charge in [0.1, 0.15) is 0 Å². The van der Waals surface area contributed by atoms with Gasteiger partial charge < -0.3 is 4.90 Å². The summed E-state index contributed by atoms with van der Waals surface area (Å²) in [7, 11) is 1.83. The van der Waals surface area contributed by atoms with Crippen LogP contribution >= 0.6 is 11.8 Å². The Bertz CT molecular complexity index is 337. The van der Waals surface area contributed by atoms with Crippen molar-refractivity contribution in [3.8, 4) is 0 Å². The van der Waals surface area contributed by atoms with Crippen LogP contribution in [0.4, 0.5) is 0 Å². The molecule has 1 amide bonds. The van der Waals surface area contributed by atoms with Crippen molar-refractivity contribution in [3.63, 3.8) is 0 Å². The quantitative estimate of drug-likeness (QED) is 0.849. The highest BCUT2D eigenvalue weighted by Crippen LogP contribution is 2.10. The molecule has 0 fully saturated rings. The molecule has 0 spiro atoms. The molecule has 1 aromatic rings. The predicted octanol–water partition coefficient (Wildman–Crippen LogP) is 1.54. The van der Waals surface area contributed by atoms with Crippen LogP contribution in [-0.2, 0) is 0 Å². The summed E-state index contributed by atoms with van der Waals surface area (Å²) in [5.41, 5.74) is 1.48. The van der Waals surface area contributed by atoms with E-state index in [1.54, 1.807) is 22.9 Å². The lowest BCUT2D eigenvalue weighted by Crippen LogP contribution is -2.36. The third kappa shape index (κ3) is 2.75. The Balaban J connectivity index is 2.73. The average Bonchev–Trinajstić information content (AvgIpc) is 2.62. The molecule has 15 heavy (non-hydrogen) atoms. The normalized spacial score (nSPS) is 12.5. The minimum absolute atomic E-state index is 0.0304. The minimum atomic E-state index is 0.0304.